The summed E-state index contributed by atoms with van der Waals surface area (Å²) in [5.41, 5.74) is 2.91. The van der Waals surface area contributed by atoms with E-state index in [4.69, 9.17) is 9.97 Å². The molecule has 0 aromatic carbocycles. The fourth-order valence-corrected chi connectivity index (χ4v) is 3.83. The summed E-state index contributed by atoms with van der Waals surface area (Å²) in [4.78, 5) is 23.0. The molecule has 0 bridgehead atoms. The van der Waals surface area contributed by atoms with Crippen LogP contribution < -0.4 is 15.5 Å². The number of nitrogens with one attached hydrogen (secondary N) is 2. The van der Waals surface area contributed by atoms with Gasteiger partial charge in [0.25, 0.3) is 0 Å². The highest BCUT2D eigenvalue weighted by molar-refractivity contribution is 5.65. The zero-order valence-corrected chi connectivity index (χ0v) is 18.5. The number of hydrogen-bond donors (Lipinski definition) is 2. The van der Waals surface area contributed by atoms with Crippen LogP contribution >= 0.6 is 0 Å². The summed E-state index contributed by atoms with van der Waals surface area (Å²) in [6.45, 7) is 7.10. The molecule has 1 atom stereocenters. The number of hydrogen-bond acceptors (Lipinski definition) is 8. The molecule has 1 saturated heterocycles. The Kier molecular flexibility index (Phi) is 5.32. The molecular weight excluding hydrogens is 402 g/mol. The van der Waals surface area contributed by atoms with E-state index in [2.05, 4.69) is 44.4 Å². The monoisotopic (exact) mass is 429 g/mol. The van der Waals surface area contributed by atoms with Crippen LogP contribution in [0, 0.1) is 6.92 Å². The molecule has 164 valence electrons. The zero-order chi connectivity index (χ0) is 22.1. The van der Waals surface area contributed by atoms with E-state index in [1.807, 2.05) is 54.0 Å². The van der Waals surface area contributed by atoms with Crippen LogP contribution in [-0.4, -0.2) is 62.0 Å². The van der Waals surface area contributed by atoms with Crippen LogP contribution in [0.5, 0.6) is 0 Å². The standard InChI is InChI=1S/C23H27N9/c1-16-4-6-24-19(12-16)27-23-28-20(26-18-5-8-31-9-7-25-21(31)13-18)14-22(29-23)32-11-10-30(3)17(2)15-32/h4-9,12-14,17H,10-11,15H2,1-3H3,(H2,24,26,27,28,29). The molecule has 0 aliphatic carbocycles. The summed E-state index contributed by atoms with van der Waals surface area (Å²) in [6, 6.07) is 10.4. The summed E-state index contributed by atoms with van der Waals surface area (Å²) >= 11 is 0. The molecule has 0 spiro atoms. The van der Waals surface area contributed by atoms with Crippen LogP contribution in [0.2, 0.25) is 0 Å². The Bertz CT molecular complexity index is 1240. The maximum Gasteiger partial charge on any atom is 0.232 e. The van der Waals surface area contributed by atoms with Gasteiger partial charge < -0.3 is 24.8 Å². The lowest BCUT2D eigenvalue weighted by atomic mass is 10.2. The largest absolute Gasteiger partial charge is 0.354 e. The molecule has 0 radical (unpaired) electrons. The predicted molar refractivity (Wildman–Crippen MR) is 127 cm³/mol. The lowest BCUT2D eigenvalue weighted by Gasteiger charge is -2.38. The van der Waals surface area contributed by atoms with Gasteiger partial charge in [-0.05, 0) is 44.7 Å². The second-order valence-electron chi connectivity index (χ2n) is 8.29. The number of aromatic nitrogens is 5. The van der Waals surface area contributed by atoms with Crippen molar-refractivity contribution in [2.75, 3.05) is 42.2 Å². The van der Waals surface area contributed by atoms with Gasteiger partial charge in [0.1, 0.15) is 23.1 Å². The molecule has 1 fully saturated rings. The molecule has 32 heavy (non-hydrogen) atoms. The minimum atomic E-state index is 0.452. The highest BCUT2D eigenvalue weighted by Crippen LogP contribution is 2.25. The molecule has 9 nitrogen and oxygen atoms in total. The normalized spacial score (nSPS) is 17.0. The van der Waals surface area contributed by atoms with Crippen LogP contribution in [0.4, 0.5) is 29.1 Å². The number of pyridine rings is 2. The molecule has 5 rings (SSSR count). The highest BCUT2D eigenvalue weighted by Gasteiger charge is 2.22. The van der Waals surface area contributed by atoms with E-state index < -0.39 is 0 Å². The fraction of sp³-hybridized carbons (Fsp3) is 0.304. The Hall–Kier alpha value is -3.72. The molecule has 0 amide bonds. The third-order valence-corrected chi connectivity index (χ3v) is 5.82. The lowest BCUT2D eigenvalue weighted by Crippen LogP contribution is -2.50. The van der Waals surface area contributed by atoms with Crippen molar-refractivity contribution in [3.63, 3.8) is 0 Å². The van der Waals surface area contributed by atoms with Gasteiger partial charge in [0.15, 0.2) is 0 Å². The molecule has 4 aromatic rings. The van der Waals surface area contributed by atoms with Crippen LogP contribution in [0.15, 0.2) is 55.1 Å². The van der Waals surface area contributed by atoms with Gasteiger partial charge in [0.05, 0.1) is 0 Å². The average Bonchev–Trinajstić information content (AvgIpc) is 3.23. The van der Waals surface area contributed by atoms with Gasteiger partial charge in [-0.2, -0.15) is 9.97 Å². The SMILES string of the molecule is Cc1ccnc(Nc2nc(Nc3ccn4ccnc4c3)cc(N3CCN(C)C(C)C3)n2)c1. The van der Waals surface area contributed by atoms with Crippen molar-refractivity contribution in [1.82, 2.24) is 29.2 Å². The lowest BCUT2D eigenvalue weighted by molar-refractivity contribution is 0.233. The third-order valence-electron chi connectivity index (χ3n) is 5.82. The molecule has 4 aromatic heterocycles. The highest BCUT2D eigenvalue weighted by atomic mass is 15.3. The first kappa shape index (κ1) is 20.2. The van der Waals surface area contributed by atoms with Crippen molar-refractivity contribution in [2.24, 2.45) is 0 Å². The minimum Gasteiger partial charge on any atom is -0.354 e. The van der Waals surface area contributed by atoms with Gasteiger partial charge in [-0.3, -0.25) is 0 Å². The van der Waals surface area contributed by atoms with E-state index in [0.717, 1.165) is 48.2 Å². The molecule has 9 heteroatoms. The Morgan fingerprint density at radius 1 is 0.938 bits per heavy atom. The van der Waals surface area contributed by atoms with Gasteiger partial charge >= 0.3 is 0 Å². The summed E-state index contributed by atoms with van der Waals surface area (Å²) in [7, 11) is 2.16. The van der Waals surface area contributed by atoms with Gasteiger partial charge in [0.2, 0.25) is 5.95 Å². The van der Waals surface area contributed by atoms with Crippen molar-refractivity contribution < 1.29 is 0 Å². The van der Waals surface area contributed by atoms with E-state index in [-0.39, 0.29) is 0 Å². The van der Waals surface area contributed by atoms with E-state index in [1.165, 1.54) is 0 Å². The quantitative estimate of drug-likeness (QED) is 0.499. The number of nitrogens with zero attached hydrogens (tertiary/aromatic N) is 7. The first-order valence-corrected chi connectivity index (χ1v) is 10.8. The topological polar surface area (TPSA) is 86.5 Å². The second-order valence-corrected chi connectivity index (χ2v) is 8.29. The van der Waals surface area contributed by atoms with Crippen molar-refractivity contribution in [3.05, 3.63) is 60.7 Å². The number of imidazole rings is 1. The minimum absolute atomic E-state index is 0.452. The van der Waals surface area contributed by atoms with Crippen LogP contribution in [0.1, 0.15) is 12.5 Å². The molecular formula is C23H27N9. The number of rotatable bonds is 5. The summed E-state index contributed by atoms with van der Waals surface area (Å²) in [6.07, 6.45) is 7.47. The van der Waals surface area contributed by atoms with Crippen molar-refractivity contribution in [3.8, 4) is 0 Å². The van der Waals surface area contributed by atoms with E-state index in [1.54, 1.807) is 12.4 Å². The van der Waals surface area contributed by atoms with Crippen LogP contribution in [0.25, 0.3) is 5.65 Å². The number of likely N-dealkylation sites (N-methyl/N-ethyl adjacent to an activating group) is 1. The van der Waals surface area contributed by atoms with Crippen molar-refractivity contribution in [2.45, 2.75) is 19.9 Å². The summed E-state index contributed by atoms with van der Waals surface area (Å²) in [5.74, 6) is 2.84. The molecule has 0 saturated carbocycles. The second kappa shape index (κ2) is 8.43. The van der Waals surface area contributed by atoms with Gasteiger partial charge in [-0.25, -0.2) is 9.97 Å². The Morgan fingerprint density at radius 3 is 2.69 bits per heavy atom. The van der Waals surface area contributed by atoms with E-state index in [9.17, 15) is 0 Å². The van der Waals surface area contributed by atoms with Crippen LogP contribution in [0.3, 0.4) is 0 Å². The molecule has 2 N–H and O–H groups in total. The predicted octanol–water partition coefficient (Wildman–Crippen LogP) is 3.46. The summed E-state index contributed by atoms with van der Waals surface area (Å²) < 4.78 is 1.97. The number of anilines is 5. The first-order valence-electron chi connectivity index (χ1n) is 10.8. The molecule has 1 unspecified atom stereocenters. The number of aryl methyl sites for hydroxylation is 1. The van der Waals surface area contributed by atoms with E-state index in [0.29, 0.717) is 17.8 Å². The maximum atomic E-state index is 4.81. The van der Waals surface area contributed by atoms with Crippen LogP contribution in [-0.2, 0) is 0 Å². The number of piperazine rings is 1. The average molecular weight is 430 g/mol. The Labute approximate surface area is 187 Å². The third kappa shape index (κ3) is 4.33. The van der Waals surface area contributed by atoms with Gasteiger partial charge in [-0.15, -0.1) is 0 Å². The Morgan fingerprint density at radius 2 is 1.84 bits per heavy atom. The summed E-state index contributed by atoms with van der Waals surface area (Å²) in [5, 5.41) is 6.69. The first-order chi connectivity index (χ1) is 15.5. The smallest absolute Gasteiger partial charge is 0.232 e. The molecule has 5 heterocycles. The fourth-order valence-electron chi connectivity index (χ4n) is 3.83. The Balaban J connectivity index is 1.47. The maximum absolute atomic E-state index is 4.81. The molecule has 1 aliphatic heterocycles. The van der Waals surface area contributed by atoms with Gasteiger partial charge in [0, 0.05) is 68.3 Å². The van der Waals surface area contributed by atoms with Gasteiger partial charge in [-0.1, -0.05) is 0 Å². The van der Waals surface area contributed by atoms with E-state index >= 15 is 0 Å². The number of fused-ring (bicyclic) bond motifs is 1. The zero-order valence-electron chi connectivity index (χ0n) is 18.5. The molecule has 1 aliphatic rings. The van der Waals surface area contributed by atoms with Crippen molar-refractivity contribution in [1.29, 1.82) is 0 Å². The van der Waals surface area contributed by atoms with Crippen molar-refractivity contribution >= 4 is 34.7 Å².